The second-order valence-electron chi connectivity index (χ2n) is 4.65. The number of nitrogens with zero attached hydrogens (tertiary/aromatic N) is 2. The number of rotatable bonds is 2. The predicted molar refractivity (Wildman–Crippen MR) is 70.0 cm³/mol. The van der Waals surface area contributed by atoms with Crippen molar-refractivity contribution in [3.05, 3.63) is 39.4 Å². The molecule has 2 rings (SSSR count). The van der Waals surface area contributed by atoms with Crippen LogP contribution in [0.25, 0.3) is 10.9 Å². The highest BCUT2D eigenvalue weighted by Gasteiger charge is 2.15. The maximum absolute atomic E-state index is 12.1. The van der Waals surface area contributed by atoms with Gasteiger partial charge < -0.3 is 5.11 Å². The van der Waals surface area contributed by atoms with Gasteiger partial charge in [0.15, 0.2) is 0 Å². The zero-order chi connectivity index (χ0) is 12.6. The van der Waals surface area contributed by atoms with Crippen molar-refractivity contribution in [2.45, 2.75) is 26.0 Å². The van der Waals surface area contributed by atoms with Crippen LogP contribution in [0.2, 0.25) is 0 Å². The number of hydrogen-bond acceptors (Lipinski definition) is 3. The summed E-state index contributed by atoms with van der Waals surface area (Å²) < 4.78 is 2.31. The van der Waals surface area contributed by atoms with Gasteiger partial charge in [-0.15, -0.1) is 0 Å². The molecule has 5 heteroatoms. The molecule has 0 unspecified atom stereocenters. The topological polar surface area (TPSA) is 55.1 Å². The summed E-state index contributed by atoms with van der Waals surface area (Å²) >= 11 is 3.34. The van der Waals surface area contributed by atoms with E-state index in [0.29, 0.717) is 10.9 Å². The summed E-state index contributed by atoms with van der Waals surface area (Å²) in [5.41, 5.74) is -0.421. The number of halogens is 1. The van der Waals surface area contributed by atoms with Crippen LogP contribution in [0.5, 0.6) is 0 Å². The van der Waals surface area contributed by atoms with Crippen molar-refractivity contribution >= 4 is 26.8 Å². The Kier molecular flexibility index (Phi) is 3.05. The molecule has 1 aromatic heterocycles. The van der Waals surface area contributed by atoms with E-state index in [0.717, 1.165) is 4.47 Å². The Morgan fingerprint density at radius 2 is 2.18 bits per heavy atom. The van der Waals surface area contributed by atoms with Gasteiger partial charge >= 0.3 is 0 Å². The van der Waals surface area contributed by atoms with Crippen LogP contribution >= 0.6 is 15.9 Å². The van der Waals surface area contributed by atoms with Crippen LogP contribution in [-0.4, -0.2) is 20.3 Å². The molecule has 1 heterocycles. The average molecular weight is 297 g/mol. The fraction of sp³-hybridized carbons (Fsp3) is 0.333. The van der Waals surface area contributed by atoms with Crippen LogP contribution in [0.3, 0.4) is 0 Å². The first-order chi connectivity index (χ1) is 7.87. The molecule has 0 fully saturated rings. The molecule has 90 valence electrons. The summed E-state index contributed by atoms with van der Waals surface area (Å²) in [4.78, 5) is 16.3. The molecule has 1 aromatic carbocycles. The van der Waals surface area contributed by atoms with Crippen molar-refractivity contribution in [2.75, 3.05) is 0 Å². The minimum absolute atomic E-state index is 0.135. The number of hydrogen-bond donors (Lipinski definition) is 1. The standard InChI is InChI=1S/C12H13BrN2O2/c1-12(2,17)6-15-7-14-10-5-8(13)3-4-9(10)11(15)16/h3-5,7,17H,6H2,1-2H3. The molecule has 0 saturated carbocycles. The summed E-state index contributed by atoms with van der Waals surface area (Å²) in [6.45, 7) is 3.54. The minimum Gasteiger partial charge on any atom is -0.389 e. The second-order valence-corrected chi connectivity index (χ2v) is 5.57. The maximum atomic E-state index is 12.1. The second kappa shape index (κ2) is 4.23. The molecule has 0 aliphatic heterocycles. The van der Waals surface area contributed by atoms with Gasteiger partial charge in [0.2, 0.25) is 0 Å². The fourth-order valence-electron chi connectivity index (χ4n) is 1.66. The molecule has 4 nitrogen and oxygen atoms in total. The molecule has 1 N–H and O–H groups in total. The van der Waals surface area contributed by atoms with Crippen LogP contribution in [0.1, 0.15) is 13.8 Å². The van der Waals surface area contributed by atoms with Crippen molar-refractivity contribution in [3.63, 3.8) is 0 Å². The maximum Gasteiger partial charge on any atom is 0.261 e. The Hall–Kier alpha value is -1.20. The molecule has 0 amide bonds. The highest BCUT2D eigenvalue weighted by molar-refractivity contribution is 9.10. The molecule has 0 radical (unpaired) electrons. The summed E-state index contributed by atoms with van der Waals surface area (Å²) in [6, 6.07) is 5.33. The lowest BCUT2D eigenvalue weighted by Crippen LogP contribution is -2.32. The third-order valence-corrected chi connectivity index (χ3v) is 2.84. The van der Waals surface area contributed by atoms with Gasteiger partial charge in [-0.1, -0.05) is 15.9 Å². The molecule has 0 aliphatic carbocycles. The van der Waals surface area contributed by atoms with Gasteiger partial charge in [0.1, 0.15) is 0 Å². The van der Waals surface area contributed by atoms with Gasteiger partial charge in [-0.05, 0) is 32.0 Å². The van der Waals surface area contributed by atoms with Crippen molar-refractivity contribution in [3.8, 4) is 0 Å². The number of benzene rings is 1. The Morgan fingerprint density at radius 1 is 1.47 bits per heavy atom. The van der Waals surface area contributed by atoms with Gasteiger partial charge in [0, 0.05) is 4.47 Å². The van der Waals surface area contributed by atoms with E-state index in [1.165, 1.54) is 10.9 Å². The van der Waals surface area contributed by atoms with Crippen LogP contribution < -0.4 is 5.56 Å². The summed E-state index contributed by atoms with van der Waals surface area (Å²) in [6.07, 6.45) is 1.47. The molecule has 0 atom stereocenters. The Balaban J connectivity index is 2.59. The fourth-order valence-corrected chi connectivity index (χ4v) is 2.01. The van der Waals surface area contributed by atoms with Crippen LogP contribution in [0, 0.1) is 0 Å². The third-order valence-electron chi connectivity index (χ3n) is 2.34. The van der Waals surface area contributed by atoms with E-state index >= 15 is 0 Å². The zero-order valence-corrected chi connectivity index (χ0v) is 11.2. The Bertz CT molecular complexity index is 614. The Morgan fingerprint density at radius 3 is 2.82 bits per heavy atom. The molecule has 17 heavy (non-hydrogen) atoms. The van der Waals surface area contributed by atoms with E-state index in [-0.39, 0.29) is 12.1 Å². The summed E-state index contributed by atoms with van der Waals surface area (Å²) in [5.74, 6) is 0. The smallest absolute Gasteiger partial charge is 0.261 e. The third kappa shape index (κ3) is 2.73. The largest absolute Gasteiger partial charge is 0.389 e. The highest BCUT2D eigenvalue weighted by Crippen LogP contribution is 2.15. The summed E-state index contributed by atoms with van der Waals surface area (Å²) in [5, 5.41) is 10.3. The molecule has 0 saturated heterocycles. The van der Waals surface area contributed by atoms with E-state index in [1.54, 1.807) is 32.0 Å². The Labute approximate surface area is 107 Å². The van der Waals surface area contributed by atoms with Crippen molar-refractivity contribution in [2.24, 2.45) is 0 Å². The highest BCUT2D eigenvalue weighted by atomic mass is 79.9. The van der Waals surface area contributed by atoms with Crippen LogP contribution in [-0.2, 0) is 6.54 Å². The van der Waals surface area contributed by atoms with Gasteiger partial charge in [0.25, 0.3) is 5.56 Å². The average Bonchev–Trinajstić information content (AvgIpc) is 2.20. The van der Waals surface area contributed by atoms with Gasteiger partial charge in [-0.2, -0.15) is 0 Å². The predicted octanol–water partition coefficient (Wildman–Crippen LogP) is 1.93. The lowest BCUT2D eigenvalue weighted by molar-refractivity contribution is 0.0603. The first kappa shape index (κ1) is 12.3. The van der Waals surface area contributed by atoms with Crippen molar-refractivity contribution in [1.29, 1.82) is 0 Å². The molecule has 0 aliphatic rings. The molecule has 0 bridgehead atoms. The zero-order valence-electron chi connectivity index (χ0n) is 9.64. The van der Waals surface area contributed by atoms with E-state index in [4.69, 9.17) is 0 Å². The van der Waals surface area contributed by atoms with Crippen molar-refractivity contribution in [1.82, 2.24) is 9.55 Å². The quantitative estimate of drug-likeness (QED) is 0.921. The van der Waals surface area contributed by atoms with E-state index in [1.807, 2.05) is 0 Å². The lowest BCUT2D eigenvalue weighted by Gasteiger charge is -2.18. The molecular formula is C12H13BrN2O2. The van der Waals surface area contributed by atoms with Gasteiger partial charge in [-0.3, -0.25) is 9.36 Å². The normalized spacial score (nSPS) is 12.0. The number of aromatic nitrogens is 2. The van der Waals surface area contributed by atoms with E-state index in [2.05, 4.69) is 20.9 Å². The van der Waals surface area contributed by atoms with Crippen LogP contribution in [0.4, 0.5) is 0 Å². The summed E-state index contributed by atoms with van der Waals surface area (Å²) in [7, 11) is 0. The molecule has 2 aromatic rings. The number of aliphatic hydroxyl groups is 1. The lowest BCUT2D eigenvalue weighted by atomic mass is 10.1. The van der Waals surface area contributed by atoms with E-state index < -0.39 is 5.60 Å². The molecule has 0 spiro atoms. The van der Waals surface area contributed by atoms with Crippen LogP contribution in [0.15, 0.2) is 33.8 Å². The minimum atomic E-state index is -0.936. The first-order valence-electron chi connectivity index (χ1n) is 5.24. The van der Waals surface area contributed by atoms with Gasteiger partial charge in [-0.25, -0.2) is 4.98 Å². The monoisotopic (exact) mass is 296 g/mol. The SMILES string of the molecule is CC(C)(O)Cn1cnc2cc(Br)ccc2c1=O. The first-order valence-corrected chi connectivity index (χ1v) is 6.03. The van der Waals surface area contributed by atoms with Gasteiger partial charge in [0.05, 0.1) is 29.4 Å². The molecular weight excluding hydrogens is 284 g/mol. The van der Waals surface area contributed by atoms with Crippen molar-refractivity contribution < 1.29 is 5.11 Å². The van der Waals surface area contributed by atoms with E-state index in [9.17, 15) is 9.90 Å². The number of fused-ring (bicyclic) bond motifs is 1.